The molecule has 1 aromatic heterocycles. The molecule has 4 bridgehead atoms. The van der Waals surface area contributed by atoms with Crippen LogP contribution < -0.4 is 15.8 Å². The van der Waals surface area contributed by atoms with Crippen LogP contribution in [0.2, 0.25) is 0 Å². The maximum atomic E-state index is 13.6. The normalized spacial score (nSPS) is 16.4. The van der Waals surface area contributed by atoms with Gasteiger partial charge in [-0.3, -0.25) is 4.79 Å². The van der Waals surface area contributed by atoms with Crippen molar-refractivity contribution < 1.29 is 42.1 Å². The molecule has 0 fully saturated rings. The first-order valence-electron chi connectivity index (χ1n) is 15.3. The molecule has 48 heavy (non-hydrogen) atoms. The van der Waals surface area contributed by atoms with Gasteiger partial charge in [-0.25, -0.2) is 23.2 Å². The largest absolute Gasteiger partial charge is 0.489 e. The van der Waals surface area contributed by atoms with Gasteiger partial charge in [0.1, 0.15) is 18.0 Å². The maximum absolute atomic E-state index is 13.6. The maximum Gasteiger partial charge on any atom is 0.410 e. The van der Waals surface area contributed by atoms with Crippen molar-refractivity contribution >= 4 is 33.5 Å². The monoisotopic (exact) mass is 686 g/mol. The Balaban J connectivity index is 1.68. The number of nitrogen functional groups attached to an aromatic ring is 1. The standard InChI is InChI=1S/C32H42N6O9S/c1-32(2,3)47-31(41)37(4)21-23-6-5-7-25-28(23)46-19-18-45-17-16-44-15-13-38(12-14-39)48(42,43)24-10-8-22(9-11-24)26-20-34-29(33)27(35-26)30(40)36-25/h5-11,20,39H,12-19,21H2,1-4H3,(H2,33,34)(H,36,40). The predicted octanol–water partition coefficient (Wildman–Crippen LogP) is 2.75. The van der Waals surface area contributed by atoms with Crippen LogP contribution in [0.3, 0.4) is 0 Å². The van der Waals surface area contributed by atoms with Crippen LogP contribution in [0.25, 0.3) is 11.3 Å². The number of sulfonamides is 1. The van der Waals surface area contributed by atoms with Crippen molar-refractivity contribution in [3.8, 4) is 17.0 Å². The molecule has 0 atom stereocenters. The van der Waals surface area contributed by atoms with E-state index in [0.717, 1.165) is 4.31 Å². The fourth-order valence-electron chi connectivity index (χ4n) is 4.63. The number of hydrogen-bond donors (Lipinski definition) is 3. The number of nitrogens with zero attached hydrogens (tertiary/aromatic N) is 4. The van der Waals surface area contributed by atoms with E-state index in [1.165, 1.54) is 23.2 Å². The topological polar surface area (TPSA) is 196 Å². The number of aromatic nitrogens is 2. The molecule has 0 saturated heterocycles. The number of carbonyl (C=O) groups is 2. The van der Waals surface area contributed by atoms with Crippen LogP contribution in [0.1, 0.15) is 36.8 Å². The number of benzene rings is 2. The molecule has 4 N–H and O–H groups in total. The van der Waals surface area contributed by atoms with Gasteiger partial charge < -0.3 is 40.0 Å². The van der Waals surface area contributed by atoms with Crippen molar-refractivity contribution in [2.75, 3.05) is 70.8 Å². The molecule has 2 aromatic carbocycles. The number of nitrogens with one attached hydrogen (secondary N) is 1. The van der Waals surface area contributed by atoms with Gasteiger partial charge in [0, 0.05) is 31.3 Å². The van der Waals surface area contributed by atoms with Gasteiger partial charge in [0.15, 0.2) is 11.5 Å². The fraction of sp³-hybridized carbons (Fsp3) is 0.438. The quantitative estimate of drug-likeness (QED) is 0.340. The summed E-state index contributed by atoms with van der Waals surface area (Å²) in [6, 6.07) is 11.0. The Morgan fingerprint density at radius 2 is 1.77 bits per heavy atom. The first-order valence-corrected chi connectivity index (χ1v) is 16.7. The van der Waals surface area contributed by atoms with Gasteiger partial charge in [-0.2, -0.15) is 4.31 Å². The van der Waals surface area contributed by atoms with Crippen molar-refractivity contribution in [2.45, 2.75) is 37.8 Å². The zero-order chi connectivity index (χ0) is 34.9. The molecule has 2 amide bonds. The average molecular weight is 687 g/mol. The summed E-state index contributed by atoms with van der Waals surface area (Å²) < 4.78 is 50.6. The van der Waals surface area contributed by atoms with E-state index in [1.54, 1.807) is 58.2 Å². The van der Waals surface area contributed by atoms with E-state index >= 15 is 0 Å². The summed E-state index contributed by atoms with van der Waals surface area (Å²) in [5.41, 5.74) is 6.89. The first kappa shape index (κ1) is 36.5. The Bertz CT molecular complexity index is 1680. The molecule has 3 aromatic rings. The van der Waals surface area contributed by atoms with Crippen LogP contribution in [-0.4, -0.2) is 110 Å². The van der Waals surface area contributed by atoms with Crippen molar-refractivity contribution in [2.24, 2.45) is 0 Å². The molecule has 15 nitrogen and oxygen atoms in total. The molecule has 3 heterocycles. The van der Waals surface area contributed by atoms with Crippen molar-refractivity contribution in [3.63, 3.8) is 0 Å². The predicted molar refractivity (Wildman–Crippen MR) is 177 cm³/mol. The van der Waals surface area contributed by atoms with E-state index < -0.39 is 27.6 Å². The summed E-state index contributed by atoms with van der Waals surface area (Å²) in [5.74, 6) is -0.478. The van der Waals surface area contributed by atoms with E-state index in [4.69, 9.17) is 24.7 Å². The number of aliphatic hydroxyl groups is 1. The number of carbonyl (C=O) groups excluding carboxylic acids is 2. The number of amides is 2. The van der Waals surface area contributed by atoms with Gasteiger partial charge in [-0.1, -0.05) is 24.3 Å². The lowest BCUT2D eigenvalue weighted by molar-refractivity contribution is 0.0279. The Labute approximate surface area is 280 Å². The van der Waals surface area contributed by atoms with Gasteiger partial charge in [-0.05, 0) is 39.0 Å². The van der Waals surface area contributed by atoms with Crippen molar-refractivity contribution in [3.05, 3.63) is 59.9 Å². The SMILES string of the molecule is CN(Cc1cccc2c1OCCOCCOCCN(CCO)S(=O)(=O)c1ccc(cc1)-c1cnc(N)c(n1)C(=O)N2)C(=O)OC(C)(C)C. The van der Waals surface area contributed by atoms with Gasteiger partial charge in [0.25, 0.3) is 5.91 Å². The highest BCUT2D eigenvalue weighted by molar-refractivity contribution is 7.89. The highest BCUT2D eigenvalue weighted by atomic mass is 32.2. The molecule has 5 rings (SSSR count). The third-order valence-electron chi connectivity index (χ3n) is 6.94. The second-order valence-corrected chi connectivity index (χ2v) is 13.7. The number of anilines is 2. The molecule has 2 aliphatic heterocycles. The second kappa shape index (κ2) is 16.2. The molecule has 16 heteroatoms. The fourth-order valence-corrected chi connectivity index (χ4v) is 6.04. The zero-order valence-electron chi connectivity index (χ0n) is 27.5. The first-order chi connectivity index (χ1) is 22.8. The number of para-hydroxylation sites is 1. The minimum absolute atomic E-state index is 0.0104. The third kappa shape index (κ3) is 9.60. The zero-order valence-corrected chi connectivity index (χ0v) is 28.3. The van der Waals surface area contributed by atoms with E-state index in [0.29, 0.717) is 22.6 Å². The Morgan fingerprint density at radius 1 is 1.08 bits per heavy atom. The summed E-state index contributed by atoms with van der Waals surface area (Å²) in [7, 11) is -2.35. The van der Waals surface area contributed by atoms with E-state index in [2.05, 4.69) is 15.3 Å². The highest BCUT2D eigenvalue weighted by Gasteiger charge is 2.25. The number of hydrogen-bond acceptors (Lipinski definition) is 12. The Kier molecular flexibility index (Phi) is 12.3. The van der Waals surface area contributed by atoms with Crippen LogP contribution in [-0.2, 0) is 30.8 Å². The molecule has 0 saturated carbocycles. The minimum Gasteiger partial charge on any atom is -0.489 e. The number of rotatable bonds is 4. The van der Waals surface area contributed by atoms with E-state index in [-0.39, 0.29) is 81.4 Å². The number of aliphatic hydroxyl groups excluding tert-OH is 1. The highest BCUT2D eigenvalue weighted by Crippen LogP contribution is 2.31. The Hall–Kier alpha value is -4.35. The molecule has 0 spiro atoms. The molecule has 0 aliphatic carbocycles. The Morgan fingerprint density at radius 3 is 2.46 bits per heavy atom. The summed E-state index contributed by atoms with van der Waals surface area (Å²) >= 11 is 0. The molecular weight excluding hydrogens is 644 g/mol. The summed E-state index contributed by atoms with van der Waals surface area (Å²) in [6.07, 6.45) is 0.849. The van der Waals surface area contributed by atoms with Gasteiger partial charge in [0.2, 0.25) is 10.0 Å². The molecule has 260 valence electrons. The van der Waals surface area contributed by atoms with Crippen LogP contribution in [0.4, 0.5) is 16.3 Å². The lowest BCUT2D eigenvalue weighted by Gasteiger charge is -2.25. The molecule has 0 unspecified atom stereocenters. The van der Waals surface area contributed by atoms with Crippen LogP contribution in [0, 0.1) is 0 Å². The molecule has 2 aliphatic rings. The number of ether oxygens (including phenoxy) is 4. The third-order valence-corrected chi connectivity index (χ3v) is 8.85. The van der Waals surface area contributed by atoms with Gasteiger partial charge in [-0.15, -0.1) is 0 Å². The lowest BCUT2D eigenvalue weighted by atomic mass is 10.1. The van der Waals surface area contributed by atoms with Crippen molar-refractivity contribution in [1.82, 2.24) is 19.2 Å². The van der Waals surface area contributed by atoms with Crippen LogP contribution in [0.5, 0.6) is 5.75 Å². The van der Waals surface area contributed by atoms with E-state index in [1.807, 2.05) is 0 Å². The summed E-state index contributed by atoms with van der Waals surface area (Å²) in [4.78, 5) is 36.3. The van der Waals surface area contributed by atoms with Gasteiger partial charge in [0.05, 0.1) is 62.1 Å². The van der Waals surface area contributed by atoms with E-state index in [9.17, 15) is 23.1 Å². The van der Waals surface area contributed by atoms with Gasteiger partial charge >= 0.3 is 6.09 Å². The second-order valence-electron chi connectivity index (χ2n) is 11.8. The molecular formula is C32H42N6O9S. The van der Waals surface area contributed by atoms with Crippen molar-refractivity contribution in [1.29, 1.82) is 0 Å². The van der Waals surface area contributed by atoms with Crippen LogP contribution >= 0.6 is 0 Å². The number of nitrogens with two attached hydrogens (primary N) is 1. The lowest BCUT2D eigenvalue weighted by Crippen LogP contribution is -2.36. The average Bonchev–Trinajstić information content (AvgIpc) is 3.03. The smallest absolute Gasteiger partial charge is 0.410 e. The summed E-state index contributed by atoms with van der Waals surface area (Å²) in [6.45, 7) is 5.72. The minimum atomic E-state index is -3.95. The number of fused-ring (bicyclic) bond motifs is 13. The summed E-state index contributed by atoms with van der Waals surface area (Å²) in [5, 5.41) is 12.3. The van der Waals surface area contributed by atoms with Crippen LogP contribution in [0.15, 0.2) is 53.6 Å². The molecule has 0 radical (unpaired) electrons.